The average molecular weight is 780 g/mol. The lowest BCUT2D eigenvalue weighted by Crippen LogP contribution is -2.57. The fraction of sp³-hybridized carbons (Fsp3) is 0.419. The van der Waals surface area contributed by atoms with Gasteiger partial charge in [-0.05, 0) is 102 Å². The third kappa shape index (κ3) is 7.33. The van der Waals surface area contributed by atoms with Gasteiger partial charge in [0.1, 0.15) is 11.8 Å². The van der Waals surface area contributed by atoms with Crippen LogP contribution in [0.3, 0.4) is 0 Å². The van der Waals surface area contributed by atoms with Crippen molar-refractivity contribution in [2.45, 2.75) is 76.4 Å². The minimum absolute atomic E-state index is 0.0647. The van der Waals surface area contributed by atoms with Gasteiger partial charge in [-0.1, -0.05) is 18.2 Å². The number of methoxy groups -OCH3 is 1. The van der Waals surface area contributed by atoms with E-state index in [4.69, 9.17) is 4.74 Å². The summed E-state index contributed by atoms with van der Waals surface area (Å²) >= 11 is 0. The maximum Gasteiger partial charge on any atom is 0.317 e. The Bertz CT molecular complexity index is 2220. The number of nitrogens with one attached hydrogen (secondary N) is 1. The number of anilines is 2. The number of benzene rings is 3. The lowest BCUT2D eigenvalue weighted by Gasteiger charge is -2.41. The van der Waals surface area contributed by atoms with Crippen molar-refractivity contribution in [2.24, 2.45) is 7.05 Å². The molecule has 2 atom stereocenters. The highest BCUT2D eigenvalue weighted by Gasteiger charge is 2.42. The van der Waals surface area contributed by atoms with Crippen LogP contribution in [0.25, 0.3) is 11.1 Å². The molecule has 0 radical (unpaired) electrons. The number of alkyl halides is 2. The standard InChI is InChI=1S/C43H47F2N7O5/c1-46-43(56)49-15-12-28-17-30(27-13-16-51(40(54)20-27)36-10-11-39(53)52(42(36)55)23-26-6-8-32(57-3)9-7-26)19-38(35(28)25-49)50-14-4-5-29-18-33(31-22-47-48(2)24-31)34(41(44)45)21-37(29)50/h6-9,17-19,21-22,24,27,36,41H,4-5,10-16,20,23,25H2,1-3H3,(H,46,56). The Morgan fingerprint density at radius 1 is 0.947 bits per heavy atom. The van der Waals surface area contributed by atoms with Crippen LogP contribution in [0, 0.1) is 0 Å². The van der Waals surface area contributed by atoms with E-state index in [9.17, 15) is 28.0 Å². The van der Waals surface area contributed by atoms with Crippen LogP contribution in [-0.2, 0) is 47.4 Å². The highest BCUT2D eigenvalue weighted by Crippen LogP contribution is 2.45. The molecule has 1 N–H and O–H groups in total. The summed E-state index contributed by atoms with van der Waals surface area (Å²) in [6, 6.07) is 14.0. The van der Waals surface area contributed by atoms with E-state index < -0.39 is 12.5 Å². The highest BCUT2D eigenvalue weighted by molar-refractivity contribution is 6.02. The van der Waals surface area contributed by atoms with Gasteiger partial charge in [-0.25, -0.2) is 13.6 Å². The van der Waals surface area contributed by atoms with Crippen LogP contribution in [-0.4, -0.2) is 88.1 Å². The molecule has 12 nitrogen and oxygen atoms in total. The Labute approximate surface area is 330 Å². The van der Waals surface area contributed by atoms with Gasteiger partial charge in [0.2, 0.25) is 11.8 Å². The number of halogens is 2. The quantitative estimate of drug-likeness (QED) is 0.211. The van der Waals surface area contributed by atoms with E-state index in [1.807, 2.05) is 18.2 Å². The maximum absolute atomic E-state index is 14.8. The van der Waals surface area contributed by atoms with Gasteiger partial charge in [-0.15, -0.1) is 0 Å². The number of rotatable bonds is 8. The van der Waals surface area contributed by atoms with Gasteiger partial charge in [-0.3, -0.25) is 24.0 Å². The fourth-order valence-corrected chi connectivity index (χ4v) is 9.02. The Morgan fingerprint density at radius 2 is 1.75 bits per heavy atom. The van der Waals surface area contributed by atoms with E-state index >= 15 is 0 Å². The van der Waals surface area contributed by atoms with E-state index in [0.717, 1.165) is 52.0 Å². The van der Waals surface area contributed by atoms with Crippen LogP contribution in [0.15, 0.2) is 60.9 Å². The molecule has 0 spiro atoms. The Balaban J connectivity index is 1.09. The monoisotopic (exact) mass is 779 g/mol. The van der Waals surface area contributed by atoms with Gasteiger partial charge < -0.3 is 24.8 Å². The molecule has 2 saturated heterocycles. The summed E-state index contributed by atoms with van der Waals surface area (Å²) in [5.41, 5.74) is 7.38. The van der Waals surface area contributed by atoms with Gasteiger partial charge in [0.05, 0.1) is 19.9 Å². The van der Waals surface area contributed by atoms with E-state index in [1.54, 1.807) is 66.3 Å². The number of urea groups is 1. The van der Waals surface area contributed by atoms with Crippen molar-refractivity contribution >= 4 is 35.1 Å². The molecule has 3 aromatic carbocycles. The van der Waals surface area contributed by atoms with Crippen molar-refractivity contribution in [3.63, 3.8) is 0 Å². The molecule has 4 aliphatic heterocycles. The van der Waals surface area contributed by atoms with Gasteiger partial charge in [-0.2, -0.15) is 5.10 Å². The molecule has 298 valence electrons. The Morgan fingerprint density at radius 3 is 2.46 bits per heavy atom. The first-order chi connectivity index (χ1) is 27.5. The normalized spacial score (nSPS) is 19.9. The topological polar surface area (TPSA) is 120 Å². The second kappa shape index (κ2) is 15.6. The average Bonchev–Trinajstić information content (AvgIpc) is 3.67. The summed E-state index contributed by atoms with van der Waals surface area (Å²) in [6.07, 6.45) is 4.05. The zero-order valence-electron chi connectivity index (χ0n) is 32.5. The molecular formula is C43H47F2N7O5. The molecule has 4 aliphatic rings. The number of aromatic nitrogens is 2. The van der Waals surface area contributed by atoms with Crippen LogP contribution < -0.4 is 15.0 Å². The minimum Gasteiger partial charge on any atom is -0.497 e. The van der Waals surface area contributed by atoms with E-state index in [1.165, 1.54) is 4.90 Å². The summed E-state index contributed by atoms with van der Waals surface area (Å²) < 4.78 is 36.4. The summed E-state index contributed by atoms with van der Waals surface area (Å²) in [5.74, 6) is -0.209. The number of carbonyl (C=O) groups excluding carboxylic acids is 4. The maximum atomic E-state index is 14.8. The molecule has 0 aliphatic carbocycles. The van der Waals surface area contributed by atoms with Crippen molar-refractivity contribution in [1.29, 1.82) is 0 Å². The largest absolute Gasteiger partial charge is 0.497 e. The van der Waals surface area contributed by atoms with Crippen LogP contribution in [0.4, 0.5) is 25.0 Å². The molecule has 2 unspecified atom stereocenters. The van der Waals surface area contributed by atoms with Crippen molar-refractivity contribution < 1.29 is 32.7 Å². The van der Waals surface area contributed by atoms with E-state index in [-0.39, 0.29) is 61.0 Å². The van der Waals surface area contributed by atoms with Crippen LogP contribution in [0.5, 0.6) is 5.75 Å². The van der Waals surface area contributed by atoms with Crippen molar-refractivity contribution in [1.82, 2.24) is 29.8 Å². The molecular weight excluding hydrogens is 733 g/mol. The molecule has 4 aromatic rings. The number of carbonyl (C=O) groups is 4. The smallest absolute Gasteiger partial charge is 0.317 e. The third-order valence-electron chi connectivity index (χ3n) is 12.0. The number of piperidine rings is 2. The number of likely N-dealkylation sites (tertiary alicyclic amines) is 2. The zero-order chi connectivity index (χ0) is 40.0. The van der Waals surface area contributed by atoms with Gasteiger partial charge >= 0.3 is 6.03 Å². The van der Waals surface area contributed by atoms with E-state index in [2.05, 4.69) is 27.4 Å². The summed E-state index contributed by atoms with van der Waals surface area (Å²) in [7, 11) is 4.94. The highest BCUT2D eigenvalue weighted by atomic mass is 19.3. The first-order valence-electron chi connectivity index (χ1n) is 19.6. The Hall–Kier alpha value is -5.79. The van der Waals surface area contributed by atoms with E-state index in [0.29, 0.717) is 55.9 Å². The molecule has 5 heterocycles. The molecule has 14 heteroatoms. The molecule has 57 heavy (non-hydrogen) atoms. The van der Waals surface area contributed by atoms with Crippen LogP contribution >= 0.6 is 0 Å². The molecule has 2 fully saturated rings. The van der Waals surface area contributed by atoms with Gasteiger partial charge in [0, 0.05) is 81.8 Å². The number of ether oxygens (including phenoxy) is 1. The first kappa shape index (κ1) is 38.1. The second-order valence-corrected chi connectivity index (χ2v) is 15.4. The predicted molar refractivity (Wildman–Crippen MR) is 209 cm³/mol. The Kier molecular flexibility index (Phi) is 10.4. The molecule has 8 rings (SSSR count). The number of hydrogen-bond acceptors (Lipinski definition) is 7. The summed E-state index contributed by atoms with van der Waals surface area (Å²) in [4.78, 5) is 60.4. The third-order valence-corrected chi connectivity index (χ3v) is 12.0. The number of imide groups is 1. The van der Waals surface area contributed by atoms with Crippen molar-refractivity contribution in [3.8, 4) is 16.9 Å². The van der Waals surface area contributed by atoms with Gasteiger partial charge in [0.25, 0.3) is 12.3 Å². The number of hydrogen-bond donors (Lipinski definition) is 1. The summed E-state index contributed by atoms with van der Waals surface area (Å²) in [6.45, 7) is 1.97. The second-order valence-electron chi connectivity index (χ2n) is 15.4. The SMILES string of the molecule is CNC(=O)N1CCc2cc(C3CCN(C4CCC(=O)N(Cc5ccc(OC)cc5)C4=O)C(=O)C3)cc(N3CCCc4cc(-c5cnn(C)c5)c(C(F)F)cc43)c2C1. The number of fused-ring (bicyclic) bond motifs is 2. The number of aryl methyl sites for hydroxylation is 2. The fourth-order valence-electron chi connectivity index (χ4n) is 9.02. The number of amides is 5. The molecule has 0 bridgehead atoms. The zero-order valence-corrected chi connectivity index (χ0v) is 32.5. The lowest BCUT2D eigenvalue weighted by atomic mass is 9.83. The molecule has 0 saturated carbocycles. The lowest BCUT2D eigenvalue weighted by molar-refractivity contribution is -0.158. The minimum atomic E-state index is -2.71. The predicted octanol–water partition coefficient (Wildman–Crippen LogP) is 6.24. The first-order valence-corrected chi connectivity index (χ1v) is 19.6. The number of nitrogens with zero attached hydrogens (tertiary/aromatic N) is 6. The summed E-state index contributed by atoms with van der Waals surface area (Å²) in [5, 5.41) is 6.96. The van der Waals surface area contributed by atoms with Crippen LogP contribution in [0.1, 0.15) is 77.8 Å². The molecule has 1 aromatic heterocycles. The van der Waals surface area contributed by atoms with Crippen molar-refractivity contribution in [3.05, 3.63) is 94.3 Å². The molecule has 5 amide bonds. The van der Waals surface area contributed by atoms with Crippen molar-refractivity contribution in [2.75, 3.05) is 38.7 Å². The van der Waals surface area contributed by atoms with Gasteiger partial charge in [0.15, 0.2) is 0 Å². The van der Waals surface area contributed by atoms with Crippen LogP contribution in [0.2, 0.25) is 0 Å².